The number of hydrogen-bond donors (Lipinski definition) is 2. The van der Waals surface area contributed by atoms with Crippen LogP contribution in [0.1, 0.15) is 71.8 Å². The third-order valence-electron chi connectivity index (χ3n) is 4.55. The molecule has 2 aromatic heterocycles. The summed E-state index contributed by atoms with van der Waals surface area (Å²) >= 11 is 0. The fourth-order valence-corrected chi connectivity index (χ4v) is 3.13. The molecule has 1 atom stereocenters. The average molecular weight is 329 g/mol. The van der Waals surface area contributed by atoms with Crippen molar-refractivity contribution in [1.29, 1.82) is 0 Å². The molecule has 24 heavy (non-hydrogen) atoms. The average Bonchev–Trinajstić information content (AvgIpc) is 3.33. The van der Waals surface area contributed by atoms with Crippen LogP contribution in [0.3, 0.4) is 0 Å². The summed E-state index contributed by atoms with van der Waals surface area (Å²) < 4.78 is 1.91. The second kappa shape index (κ2) is 6.22. The van der Waals surface area contributed by atoms with Crippen molar-refractivity contribution in [3.8, 4) is 0 Å². The van der Waals surface area contributed by atoms with Gasteiger partial charge in [-0.05, 0) is 40.5 Å². The number of nitrogens with zero attached hydrogens (tertiary/aromatic N) is 3. The lowest BCUT2D eigenvalue weighted by molar-refractivity contribution is 0.0937. The quantitative estimate of drug-likeness (QED) is 0.877. The second-order valence-electron chi connectivity index (χ2n) is 6.38. The molecule has 7 nitrogen and oxygen atoms in total. The number of nitrogens with one attached hydrogen (secondary N) is 2. The van der Waals surface area contributed by atoms with Crippen LogP contribution in [0, 0.1) is 13.8 Å². The molecule has 2 aromatic rings. The molecule has 128 valence electrons. The van der Waals surface area contributed by atoms with Crippen LogP contribution >= 0.6 is 0 Å². The van der Waals surface area contributed by atoms with Crippen LogP contribution in [-0.2, 0) is 6.54 Å². The van der Waals surface area contributed by atoms with Gasteiger partial charge in [-0.15, -0.1) is 0 Å². The Kier molecular flexibility index (Phi) is 4.26. The first kappa shape index (κ1) is 16.4. The van der Waals surface area contributed by atoms with Crippen molar-refractivity contribution in [1.82, 2.24) is 25.1 Å². The van der Waals surface area contributed by atoms with Gasteiger partial charge in [0.25, 0.3) is 11.5 Å². The predicted molar refractivity (Wildman–Crippen MR) is 90.1 cm³/mol. The SMILES string of the molecule is CCn1nc(C)c(C(C)NC(=O)c2cnc(C3CC3)[nH]c2=O)c1C. The first-order valence-electron chi connectivity index (χ1n) is 8.36. The van der Waals surface area contributed by atoms with Crippen molar-refractivity contribution >= 4 is 5.91 Å². The number of amides is 1. The van der Waals surface area contributed by atoms with Crippen molar-refractivity contribution in [2.45, 2.75) is 59.0 Å². The minimum atomic E-state index is -0.415. The molecule has 0 bridgehead atoms. The van der Waals surface area contributed by atoms with E-state index in [1.807, 2.05) is 32.4 Å². The van der Waals surface area contributed by atoms with Gasteiger partial charge in [-0.2, -0.15) is 5.10 Å². The molecule has 1 amide bonds. The standard InChI is InChI=1S/C17H23N5O2/c1-5-22-11(4)14(10(3)21-22)9(2)19-16(23)13-8-18-15(12-6-7-12)20-17(13)24/h8-9,12H,5-7H2,1-4H3,(H,19,23)(H,18,20,24). The maximum atomic E-state index is 12.4. The van der Waals surface area contributed by atoms with E-state index in [1.54, 1.807) is 0 Å². The van der Waals surface area contributed by atoms with Gasteiger partial charge in [-0.3, -0.25) is 14.3 Å². The Morgan fingerprint density at radius 1 is 1.46 bits per heavy atom. The van der Waals surface area contributed by atoms with E-state index >= 15 is 0 Å². The lowest BCUT2D eigenvalue weighted by Crippen LogP contribution is -2.32. The molecule has 1 fully saturated rings. The zero-order valence-corrected chi connectivity index (χ0v) is 14.5. The Morgan fingerprint density at radius 3 is 2.71 bits per heavy atom. The summed E-state index contributed by atoms with van der Waals surface area (Å²) in [6.07, 6.45) is 3.47. The Hall–Kier alpha value is -2.44. The predicted octanol–water partition coefficient (Wildman–Crippen LogP) is 1.97. The van der Waals surface area contributed by atoms with E-state index < -0.39 is 5.91 Å². The molecule has 7 heteroatoms. The molecule has 0 spiro atoms. The highest BCUT2D eigenvalue weighted by atomic mass is 16.2. The van der Waals surface area contributed by atoms with Gasteiger partial charge in [-0.1, -0.05) is 0 Å². The molecule has 0 aromatic carbocycles. The van der Waals surface area contributed by atoms with Crippen molar-refractivity contribution in [2.24, 2.45) is 0 Å². The minimum Gasteiger partial charge on any atom is -0.345 e. The van der Waals surface area contributed by atoms with Gasteiger partial charge >= 0.3 is 0 Å². The van der Waals surface area contributed by atoms with Crippen molar-refractivity contribution < 1.29 is 4.79 Å². The number of carbonyl (C=O) groups excluding carboxylic acids is 1. The monoisotopic (exact) mass is 329 g/mol. The van der Waals surface area contributed by atoms with E-state index in [2.05, 4.69) is 20.4 Å². The topological polar surface area (TPSA) is 92.7 Å². The molecule has 2 N–H and O–H groups in total. The van der Waals surface area contributed by atoms with Gasteiger partial charge < -0.3 is 10.3 Å². The molecule has 1 unspecified atom stereocenters. The summed E-state index contributed by atoms with van der Waals surface area (Å²) in [5.41, 5.74) is 2.57. The number of aromatic nitrogens is 4. The number of aryl methyl sites for hydroxylation is 2. The van der Waals surface area contributed by atoms with E-state index in [9.17, 15) is 9.59 Å². The van der Waals surface area contributed by atoms with E-state index in [0.29, 0.717) is 11.7 Å². The number of rotatable bonds is 5. The molecule has 1 aliphatic rings. The van der Waals surface area contributed by atoms with E-state index in [-0.39, 0.29) is 17.2 Å². The summed E-state index contributed by atoms with van der Waals surface area (Å²) in [7, 11) is 0. The van der Waals surface area contributed by atoms with Crippen molar-refractivity contribution in [3.05, 3.63) is 44.9 Å². The van der Waals surface area contributed by atoms with Crippen LogP contribution < -0.4 is 10.9 Å². The molecule has 0 aliphatic heterocycles. The van der Waals surface area contributed by atoms with E-state index in [4.69, 9.17) is 0 Å². The largest absolute Gasteiger partial charge is 0.345 e. The number of aromatic amines is 1. The third-order valence-corrected chi connectivity index (χ3v) is 4.55. The molecule has 1 aliphatic carbocycles. The van der Waals surface area contributed by atoms with E-state index in [1.165, 1.54) is 6.20 Å². The molecule has 0 radical (unpaired) electrons. The fourth-order valence-electron chi connectivity index (χ4n) is 3.13. The fraction of sp³-hybridized carbons (Fsp3) is 0.529. The Bertz CT molecular complexity index is 832. The first-order valence-corrected chi connectivity index (χ1v) is 8.36. The number of carbonyl (C=O) groups is 1. The van der Waals surface area contributed by atoms with Gasteiger partial charge in [0, 0.05) is 29.9 Å². The molecular weight excluding hydrogens is 306 g/mol. The first-order chi connectivity index (χ1) is 11.4. The molecule has 2 heterocycles. The zero-order valence-electron chi connectivity index (χ0n) is 14.5. The summed E-state index contributed by atoms with van der Waals surface area (Å²) in [5.74, 6) is 0.612. The molecule has 3 rings (SSSR count). The van der Waals surface area contributed by atoms with Crippen LogP contribution in [-0.4, -0.2) is 25.7 Å². The van der Waals surface area contributed by atoms with Crippen LogP contribution in [0.2, 0.25) is 0 Å². The van der Waals surface area contributed by atoms with Crippen molar-refractivity contribution in [3.63, 3.8) is 0 Å². The normalized spacial score (nSPS) is 15.3. The lowest BCUT2D eigenvalue weighted by atomic mass is 10.1. The van der Waals surface area contributed by atoms with Crippen LogP contribution in [0.15, 0.2) is 11.0 Å². The van der Waals surface area contributed by atoms with Crippen molar-refractivity contribution in [2.75, 3.05) is 0 Å². The Balaban J connectivity index is 1.79. The second-order valence-corrected chi connectivity index (χ2v) is 6.38. The Labute approximate surface area is 140 Å². The molecular formula is C17H23N5O2. The maximum Gasteiger partial charge on any atom is 0.263 e. The van der Waals surface area contributed by atoms with Gasteiger partial charge in [0.15, 0.2) is 0 Å². The van der Waals surface area contributed by atoms with Gasteiger partial charge in [0.1, 0.15) is 11.4 Å². The summed E-state index contributed by atoms with van der Waals surface area (Å²) in [5, 5.41) is 7.35. The third kappa shape index (κ3) is 2.98. The zero-order chi connectivity index (χ0) is 17.4. The van der Waals surface area contributed by atoms with Gasteiger partial charge in [0.2, 0.25) is 0 Å². The highest BCUT2D eigenvalue weighted by molar-refractivity contribution is 5.93. The van der Waals surface area contributed by atoms with Crippen LogP contribution in [0.25, 0.3) is 0 Å². The van der Waals surface area contributed by atoms with Crippen LogP contribution in [0.4, 0.5) is 0 Å². The highest BCUT2D eigenvalue weighted by Gasteiger charge is 2.27. The van der Waals surface area contributed by atoms with Gasteiger partial charge in [0.05, 0.1) is 11.7 Å². The highest BCUT2D eigenvalue weighted by Crippen LogP contribution is 2.37. The van der Waals surface area contributed by atoms with Gasteiger partial charge in [-0.25, -0.2) is 4.98 Å². The maximum absolute atomic E-state index is 12.4. The minimum absolute atomic E-state index is 0.0458. The summed E-state index contributed by atoms with van der Waals surface area (Å²) in [6.45, 7) is 8.62. The smallest absolute Gasteiger partial charge is 0.263 e. The summed E-state index contributed by atoms with van der Waals surface area (Å²) in [4.78, 5) is 31.5. The number of hydrogen-bond acceptors (Lipinski definition) is 4. The number of H-pyrrole nitrogens is 1. The lowest BCUT2D eigenvalue weighted by Gasteiger charge is -2.15. The molecule has 0 saturated heterocycles. The van der Waals surface area contributed by atoms with E-state index in [0.717, 1.165) is 36.3 Å². The molecule has 1 saturated carbocycles. The summed E-state index contributed by atoms with van der Waals surface area (Å²) in [6, 6.07) is -0.236. The van der Waals surface area contributed by atoms with Crippen LogP contribution in [0.5, 0.6) is 0 Å². The Morgan fingerprint density at radius 2 is 2.17 bits per heavy atom.